The van der Waals surface area contributed by atoms with Gasteiger partial charge in [-0.25, -0.2) is 4.98 Å². The van der Waals surface area contributed by atoms with Crippen molar-refractivity contribution in [1.29, 1.82) is 0 Å². The van der Waals surface area contributed by atoms with E-state index in [1.807, 2.05) is 20.8 Å². The van der Waals surface area contributed by atoms with Crippen molar-refractivity contribution in [3.63, 3.8) is 0 Å². The van der Waals surface area contributed by atoms with E-state index in [1.165, 1.54) is 24.5 Å². The Bertz CT molecular complexity index is 780. The van der Waals surface area contributed by atoms with E-state index in [4.69, 9.17) is 0 Å². The van der Waals surface area contributed by atoms with Gasteiger partial charge in [0.05, 0.1) is 14.9 Å². The van der Waals surface area contributed by atoms with Gasteiger partial charge in [-0.05, 0) is 12.1 Å². The summed E-state index contributed by atoms with van der Waals surface area (Å²) in [6, 6.07) is 6.32. The molecule has 0 amide bonds. The first kappa shape index (κ1) is 28.7. The summed E-state index contributed by atoms with van der Waals surface area (Å²) in [5.41, 5.74) is 0.865. The van der Waals surface area contributed by atoms with E-state index in [0.29, 0.717) is 0 Å². The predicted molar refractivity (Wildman–Crippen MR) is 120 cm³/mol. The highest BCUT2D eigenvalue weighted by Gasteiger charge is 2.16. The molecule has 0 fully saturated rings. The molecule has 0 N–H and O–H groups in total. The van der Waals surface area contributed by atoms with Gasteiger partial charge in [0.2, 0.25) is 0 Å². The summed E-state index contributed by atoms with van der Waals surface area (Å²) in [4.78, 5) is 27.8. The molecule has 0 aliphatic rings. The molecule has 0 atom stereocenters. The van der Waals surface area contributed by atoms with Gasteiger partial charge in [0.1, 0.15) is 12.4 Å². The van der Waals surface area contributed by atoms with Crippen molar-refractivity contribution in [2.75, 3.05) is 0 Å². The zero-order valence-electron chi connectivity index (χ0n) is 16.3. The van der Waals surface area contributed by atoms with Crippen molar-refractivity contribution in [3.8, 4) is 0 Å². The monoisotopic (exact) mass is 424 g/mol. The Morgan fingerprint density at radius 2 is 1.24 bits per heavy atom. The van der Waals surface area contributed by atoms with Crippen LogP contribution in [-0.2, 0) is 5.41 Å². The molecule has 0 bridgehead atoms. The van der Waals surface area contributed by atoms with E-state index in [0.717, 1.165) is 10.7 Å². The summed E-state index contributed by atoms with van der Waals surface area (Å²) >= 11 is 1.59. The quantitative estimate of drug-likeness (QED) is 0.316. The Hall–Kier alpha value is -2.55. The number of nitro groups is 2. The van der Waals surface area contributed by atoms with E-state index < -0.39 is 9.85 Å². The Labute approximate surface area is 177 Å². The predicted octanol–water partition coefficient (Wildman–Crippen LogP) is 6.44. The van der Waals surface area contributed by atoms with Crippen LogP contribution in [0.4, 0.5) is 11.4 Å². The van der Waals surface area contributed by atoms with Gasteiger partial charge >= 0.3 is 0 Å². The molecule has 0 aromatic carbocycles. The normalized spacial score (nSPS) is 10.6. The molecule has 162 valence electrons. The van der Waals surface area contributed by atoms with Crippen LogP contribution in [0.3, 0.4) is 0 Å². The molecule has 0 aliphatic heterocycles. The van der Waals surface area contributed by atoms with Crippen LogP contribution in [0.5, 0.6) is 0 Å². The molecular weight excluding hydrogens is 392 g/mol. The third-order valence-corrected chi connectivity index (χ3v) is 4.13. The molecule has 2 aromatic rings. The Kier molecular flexibility index (Phi) is 11.3. The van der Waals surface area contributed by atoms with Crippen LogP contribution >= 0.6 is 11.8 Å². The number of rotatable bonds is 3. The molecule has 2 heterocycles. The molecule has 0 spiro atoms. The van der Waals surface area contributed by atoms with Crippen LogP contribution in [0.15, 0.2) is 41.7 Å². The van der Waals surface area contributed by atoms with Gasteiger partial charge < -0.3 is 0 Å². The Morgan fingerprint density at radius 3 is 1.52 bits per heavy atom. The van der Waals surface area contributed by atoms with Gasteiger partial charge in [0.25, 0.3) is 11.4 Å². The number of thioether (sulfide) groups is 1. The third kappa shape index (κ3) is 10.5. The van der Waals surface area contributed by atoms with Gasteiger partial charge in [-0.2, -0.15) is 0 Å². The highest BCUT2D eigenvalue weighted by molar-refractivity contribution is 8.00. The molecule has 0 unspecified atom stereocenters. The van der Waals surface area contributed by atoms with E-state index >= 15 is 0 Å². The minimum atomic E-state index is -0.446. The average molecular weight is 425 g/mol. The smallest absolute Gasteiger partial charge is 0.258 e. The summed E-state index contributed by atoms with van der Waals surface area (Å²) in [6.07, 6.45) is 2.58. The van der Waals surface area contributed by atoms with E-state index in [-0.39, 0.29) is 36.4 Å². The van der Waals surface area contributed by atoms with Crippen LogP contribution in [0.2, 0.25) is 0 Å². The minimum Gasteiger partial charge on any atom is -0.258 e. The number of pyridine rings is 2. The fraction of sp³-hybridized carbons (Fsp3) is 0.500. The molecule has 2 rings (SSSR count). The number of nitrogens with zero attached hydrogens (tertiary/aromatic N) is 4. The Morgan fingerprint density at radius 1 is 0.793 bits per heavy atom. The molecule has 0 saturated heterocycles. The average Bonchev–Trinajstić information content (AvgIpc) is 2.53. The number of hydrogen-bond donors (Lipinski definition) is 0. The molecule has 9 heteroatoms. The van der Waals surface area contributed by atoms with Crippen molar-refractivity contribution in [2.24, 2.45) is 0 Å². The van der Waals surface area contributed by atoms with Crippen molar-refractivity contribution in [2.45, 2.75) is 71.6 Å². The lowest BCUT2D eigenvalue weighted by atomic mass is 9.92. The summed E-state index contributed by atoms with van der Waals surface area (Å²) in [5, 5.41) is 21.5. The molecular formula is C20H32N4O4S. The lowest BCUT2D eigenvalue weighted by molar-refractivity contribution is -0.385. The summed E-state index contributed by atoms with van der Waals surface area (Å²) < 4.78 is 0.0726. The van der Waals surface area contributed by atoms with Crippen molar-refractivity contribution in [1.82, 2.24) is 9.97 Å². The fourth-order valence-electron chi connectivity index (χ4n) is 1.79. The number of hydrogen-bond acceptors (Lipinski definition) is 7. The molecule has 0 radical (unpaired) electrons. The molecule has 29 heavy (non-hydrogen) atoms. The van der Waals surface area contributed by atoms with Gasteiger partial charge in [-0.1, -0.05) is 56.4 Å². The van der Waals surface area contributed by atoms with Crippen LogP contribution < -0.4 is 0 Å². The summed E-state index contributed by atoms with van der Waals surface area (Å²) in [5.74, 6) is 0. The fourth-order valence-corrected chi connectivity index (χ4v) is 2.66. The zero-order chi connectivity index (χ0) is 20.8. The van der Waals surface area contributed by atoms with Crippen LogP contribution in [0.1, 0.15) is 62.1 Å². The van der Waals surface area contributed by atoms with Crippen molar-refractivity contribution in [3.05, 3.63) is 62.6 Å². The van der Waals surface area contributed by atoms with Crippen molar-refractivity contribution >= 4 is 23.1 Å². The van der Waals surface area contributed by atoms with Gasteiger partial charge in [0, 0.05) is 28.0 Å². The molecule has 0 saturated carbocycles. The first-order valence-corrected chi connectivity index (χ1v) is 9.01. The highest BCUT2D eigenvalue weighted by atomic mass is 32.2. The van der Waals surface area contributed by atoms with Crippen LogP contribution in [-0.4, -0.2) is 24.6 Å². The molecule has 8 nitrogen and oxygen atoms in total. The van der Waals surface area contributed by atoms with E-state index in [1.54, 1.807) is 23.9 Å². The maximum Gasteiger partial charge on any atom is 0.287 e. The lowest BCUT2D eigenvalue weighted by Crippen LogP contribution is -2.13. The Balaban J connectivity index is 0. The van der Waals surface area contributed by atoms with E-state index in [9.17, 15) is 20.2 Å². The van der Waals surface area contributed by atoms with Crippen LogP contribution in [0, 0.1) is 20.2 Å². The SMILES string of the molecule is C.C.CC(C)(C)Sc1ccc([N+](=O)[O-])cn1.CC(C)(C)c1ccc([N+](=O)[O-])cn1. The maximum absolute atomic E-state index is 10.4. The third-order valence-electron chi connectivity index (χ3n) is 3.07. The van der Waals surface area contributed by atoms with E-state index in [2.05, 4.69) is 30.7 Å². The van der Waals surface area contributed by atoms with Gasteiger partial charge in [-0.3, -0.25) is 25.2 Å². The number of aromatic nitrogens is 2. The largest absolute Gasteiger partial charge is 0.287 e. The second-order valence-electron chi connectivity index (χ2n) is 7.73. The standard InChI is InChI=1S/C9H12N2O2S.C9H12N2O2.2CH4/c1-9(2,3)14-8-5-4-7(6-10-8)11(12)13;1-9(2,3)8-5-4-7(6-10-8)11(12)13;;/h4-6H,1-3H3;4-6H,1-3H3;2*1H4. The topological polar surface area (TPSA) is 112 Å². The van der Waals surface area contributed by atoms with Gasteiger partial charge in [-0.15, -0.1) is 11.8 Å². The summed E-state index contributed by atoms with van der Waals surface area (Å²) in [6.45, 7) is 12.3. The first-order valence-electron chi connectivity index (χ1n) is 8.20. The second-order valence-corrected chi connectivity index (χ2v) is 9.58. The minimum absolute atomic E-state index is 0. The van der Waals surface area contributed by atoms with Gasteiger partial charge in [0.15, 0.2) is 0 Å². The first-order chi connectivity index (χ1) is 12.3. The van der Waals surface area contributed by atoms with Crippen molar-refractivity contribution < 1.29 is 9.85 Å². The lowest BCUT2D eigenvalue weighted by Gasteiger charge is -2.16. The molecule has 0 aliphatic carbocycles. The maximum atomic E-state index is 10.4. The molecule has 2 aromatic heterocycles. The summed E-state index contributed by atoms with van der Waals surface area (Å²) in [7, 11) is 0. The van der Waals surface area contributed by atoms with Crippen LogP contribution in [0.25, 0.3) is 0 Å². The highest BCUT2D eigenvalue weighted by Crippen LogP contribution is 2.30. The second kappa shape index (κ2) is 11.5. The zero-order valence-corrected chi connectivity index (χ0v) is 17.1.